The van der Waals surface area contributed by atoms with Crippen LogP contribution >= 0.6 is 0 Å². The van der Waals surface area contributed by atoms with Gasteiger partial charge in [-0.05, 0) is 19.1 Å². The molecule has 2 aromatic heterocycles. The van der Waals surface area contributed by atoms with Crippen molar-refractivity contribution in [1.82, 2.24) is 20.5 Å². The smallest absolute Gasteiger partial charge is 0.0710 e. The lowest BCUT2D eigenvalue weighted by Gasteiger charge is -2.05. The van der Waals surface area contributed by atoms with E-state index in [2.05, 4.69) is 20.5 Å². The van der Waals surface area contributed by atoms with Gasteiger partial charge in [-0.1, -0.05) is 0 Å². The number of rotatable bonds is 7. The molecule has 5 heteroatoms. The van der Waals surface area contributed by atoms with Crippen LogP contribution in [0, 0.1) is 0 Å². The van der Waals surface area contributed by atoms with Gasteiger partial charge in [0.05, 0.1) is 18.5 Å². The van der Waals surface area contributed by atoms with Crippen molar-refractivity contribution < 1.29 is 4.74 Å². The van der Waals surface area contributed by atoms with Crippen LogP contribution in [0.5, 0.6) is 0 Å². The second kappa shape index (κ2) is 6.88. The van der Waals surface area contributed by atoms with E-state index in [4.69, 9.17) is 4.74 Å². The molecule has 0 aliphatic rings. The molecule has 0 radical (unpaired) electrons. The lowest BCUT2D eigenvalue weighted by molar-refractivity contribution is 0.149. The Morgan fingerprint density at radius 3 is 3.11 bits per heavy atom. The SMILES string of the molecule is CCOCCNCc1cn[nH]c1-c1cccnc1. The third-order valence-corrected chi connectivity index (χ3v) is 2.61. The lowest BCUT2D eigenvalue weighted by Crippen LogP contribution is -2.19. The molecule has 5 nitrogen and oxygen atoms in total. The molecule has 2 aromatic rings. The minimum atomic E-state index is 0.733. The molecule has 0 bridgehead atoms. The number of ether oxygens (including phenoxy) is 1. The molecule has 2 heterocycles. The van der Waals surface area contributed by atoms with Gasteiger partial charge in [0.25, 0.3) is 0 Å². The summed E-state index contributed by atoms with van der Waals surface area (Å²) < 4.78 is 5.27. The van der Waals surface area contributed by atoms with Crippen molar-refractivity contribution in [2.75, 3.05) is 19.8 Å². The number of aromatic nitrogens is 3. The summed E-state index contributed by atoms with van der Waals surface area (Å²) in [5, 5.41) is 10.4. The quantitative estimate of drug-likeness (QED) is 0.728. The van der Waals surface area contributed by atoms with Crippen molar-refractivity contribution in [2.45, 2.75) is 13.5 Å². The Kier molecular flexibility index (Phi) is 4.87. The van der Waals surface area contributed by atoms with Crippen molar-refractivity contribution in [3.63, 3.8) is 0 Å². The Bertz CT molecular complexity index is 455. The number of nitrogens with one attached hydrogen (secondary N) is 2. The van der Waals surface area contributed by atoms with E-state index in [1.165, 1.54) is 0 Å². The van der Waals surface area contributed by atoms with Crippen LogP contribution in [0.1, 0.15) is 12.5 Å². The third kappa shape index (κ3) is 3.38. The first-order chi connectivity index (χ1) is 8.92. The van der Waals surface area contributed by atoms with Crippen molar-refractivity contribution in [3.8, 4) is 11.3 Å². The predicted octanol–water partition coefficient (Wildman–Crippen LogP) is 1.60. The second-order valence-corrected chi connectivity index (χ2v) is 3.89. The Morgan fingerprint density at radius 2 is 2.33 bits per heavy atom. The second-order valence-electron chi connectivity index (χ2n) is 3.89. The van der Waals surface area contributed by atoms with Crippen LogP contribution in [0.15, 0.2) is 30.7 Å². The van der Waals surface area contributed by atoms with Crippen LogP contribution in [0.4, 0.5) is 0 Å². The van der Waals surface area contributed by atoms with E-state index < -0.39 is 0 Å². The molecule has 2 N–H and O–H groups in total. The molecule has 0 aliphatic carbocycles. The highest BCUT2D eigenvalue weighted by Gasteiger charge is 2.06. The fraction of sp³-hybridized carbons (Fsp3) is 0.385. The van der Waals surface area contributed by atoms with Gasteiger partial charge in [0.1, 0.15) is 0 Å². The van der Waals surface area contributed by atoms with Gasteiger partial charge in [-0.15, -0.1) is 0 Å². The van der Waals surface area contributed by atoms with E-state index in [-0.39, 0.29) is 0 Å². The van der Waals surface area contributed by atoms with Crippen LogP contribution in [-0.4, -0.2) is 34.9 Å². The summed E-state index contributed by atoms with van der Waals surface area (Å²) in [6.45, 7) is 5.10. The van der Waals surface area contributed by atoms with E-state index in [0.717, 1.165) is 43.1 Å². The Labute approximate surface area is 107 Å². The lowest BCUT2D eigenvalue weighted by atomic mass is 10.1. The highest BCUT2D eigenvalue weighted by atomic mass is 16.5. The first kappa shape index (κ1) is 12.7. The van der Waals surface area contributed by atoms with E-state index in [1.54, 1.807) is 6.20 Å². The molecule has 0 saturated carbocycles. The van der Waals surface area contributed by atoms with Crippen LogP contribution in [-0.2, 0) is 11.3 Å². The Morgan fingerprint density at radius 1 is 1.39 bits per heavy atom. The molecule has 2 rings (SSSR count). The molecular weight excluding hydrogens is 228 g/mol. The van der Waals surface area contributed by atoms with Gasteiger partial charge in [-0.3, -0.25) is 10.1 Å². The summed E-state index contributed by atoms with van der Waals surface area (Å²) in [6, 6.07) is 3.94. The topological polar surface area (TPSA) is 62.8 Å². The van der Waals surface area contributed by atoms with E-state index >= 15 is 0 Å². The minimum Gasteiger partial charge on any atom is -0.380 e. The molecule has 0 amide bonds. The number of nitrogens with zero attached hydrogens (tertiary/aromatic N) is 2. The molecule has 0 unspecified atom stereocenters. The van der Waals surface area contributed by atoms with Crippen LogP contribution in [0.3, 0.4) is 0 Å². The van der Waals surface area contributed by atoms with Gasteiger partial charge in [0.15, 0.2) is 0 Å². The zero-order valence-electron chi connectivity index (χ0n) is 10.5. The average molecular weight is 246 g/mol. The summed E-state index contributed by atoms with van der Waals surface area (Å²) in [4.78, 5) is 4.11. The first-order valence-electron chi connectivity index (χ1n) is 6.13. The van der Waals surface area contributed by atoms with Crippen LogP contribution in [0.25, 0.3) is 11.3 Å². The molecule has 0 atom stereocenters. The summed E-state index contributed by atoms with van der Waals surface area (Å²) in [5.74, 6) is 0. The van der Waals surface area contributed by atoms with Gasteiger partial charge in [0, 0.05) is 43.2 Å². The van der Waals surface area contributed by atoms with Crippen LogP contribution in [0.2, 0.25) is 0 Å². The standard InChI is InChI=1S/C13H18N4O/c1-2-18-7-6-15-9-12-10-16-17-13(12)11-4-3-5-14-8-11/h3-5,8,10,15H,2,6-7,9H2,1H3,(H,16,17). The van der Waals surface area contributed by atoms with Crippen molar-refractivity contribution in [1.29, 1.82) is 0 Å². The van der Waals surface area contributed by atoms with E-state index in [1.807, 2.05) is 31.5 Å². The minimum absolute atomic E-state index is 0.733. The van der Waals surface area contributed by atoms with Crippen molar-refractivity contribution >= 4 is 0 Å². The summed E-state index contributed by atoms with van der Waals surface area (Å²) >= 11 is 0. The maximum absolute atomic E-state index is 5.27. The zero-order valence-corrected chi connectivity index (χ0v) is 10.5. The van der Waals surface area contributed by atoms with Gasteiger partial charge in [-0.25, -0.2) is 0 Å². The average Bonchev–Trinajstić information content (AvgIpc) is 2.88. The fourth-order valence-corrected chi connectivity index (χ4v) is 1.72. The van der Waals surface area contributed by atoms with Crippen molar-refractivity contribution in [3.05, 3.63) is 36.3 Å². The molecule has 0 fully saturated rings. The highest BCUT2D eigenvalue weighted by Crippen LogP contribution is 2.19. The monoisotopic (exact) mass is 246 g/mol. The van der Waals surface area contributed by atoms with E-state index in [0.29, 0.717) is 0 Å². The fourth-order valence-electron chi connectivity index (χ4n) is 1.72. The maximum atomic E-state index is 5.27. The number of pyridine rings is 1. The summed E-state index contributed by atoms with van der Waals surface area (Å²) in [7, 11) is 0. The normalized spacial score (nSPS) is 10.7. The van der Waals surface area contributed by atoms with E-state index in [9.17, 15) is 0 Å². The molecular formula is C13H18N4O. The molecule has 18 heavy (non-hydrogen) atoms. The Hall–Kier alpha value is -1.72. The van der Waals surface area contributed by atoms with Crippen LogP contribution < -0.4 is 5.32 Å². The summed E-state index contributed by atoms with van der Waals surface area (Å²) in [5.41, 5.74) is 3.21. The molecule has 0 saturated heterocycles. The number of aromatic amines is 1. The van der Waals surface area contributed by atoms with Crippen molar-refractivity contribution in [2.24, 2.45) is 0 Å². The molecule has 0 aromatic carbocycles. The predicted molar refractivity (Wildman–Crippen MR) is 70.0 cm³/mol. The molecule has 0 spiro atoms. The Balaban J connectivity index is 1.92. The number of hydrogen-bond donors (Lipinski definition) is 2. The summed E-state index contributed by atoms with van der Waals surface area (Å²) in [6.07, 6.45) is 5.44. The zero-order chi connectivity index (χ0) is 12.6. The molecule has 96 valence electrons. The number of hydrogen-bond acceptors (Lipinski definition) is 4. The maximum Gasteiger partial charge on any atom is 0.0710 e. The van der Waals surface area contributed by atoms with Gasteiger partial charge in [0.2, 0.25) is 0 Å². The largest absolute Gasteiger partial charge is 0.380 e. The van der Waals surface area contributed by atoms with Gasteiger partial charge < -0.3 is 10.1 Å². The highest BCUT2D eigenvalue weighted by molar-refractivity contribution is 5.61. The van der Waals surface area contributed by atoms with Gasteiger partial charge in [-0.2, -0.15) is 5.10 Å². The van der Waals surface area contributed by atoms with Gasteiger partial charge >= 0.3 is 0 Å². The first-order valence-corrected chi connectivity index (χ1v) is 6.13. The number of H-pyrrole nitrogens is 1. The molecule has 0 aliphatic heterocycles. The third-order valence-electron chi connectivity index (χ3n) is 2.61.